The SMILES string of the molecule is O=C(CCc1n[nH]c(=O)[nH]c1=O)N1CCC[C@H]1c1nc2ccccc2[nH]1. The monoisotopic (exact) mass is 354 g/mol. The highest BCUT2D eigenvalue weighted by molar-refractivity contribution is 5.78. The summed E-state index contributed by atoms with van der Waals surface area (Å²) in [5, 5.41) is 5.89. The summed E-state index contributed by atoms with van der Waals surface area (Å²) >= 11 is 0. The van der Waals surface area contributed by atoms with E-state index >= 15 is 0 Å². The van der Waals surface area contributed by atoms with Crippen LogP contribution in [0.3, 0.4) is 0 Å². The van der Waals surface area contributed by atoms with Crippen molar-refractivity contribution in [1.82, 2.24) is 30.0 Å². The first-order chi connectivity index (χ1) is 12.6. The molecule has 1 saturated heterocycles. The van der Waals surface area contributed by atoms with Crippen LogP contribution in [0.2, 0.25) is 0 Å². The van der Waals surface area contributed by atoms with Crippen molar-refractivity contribution in [2.45, 2.75) is 31.7 Å². The van der Waals surface area contributed by atoms with Crippen molar-refractivity contribution < 1.29 is 4.79 Å². The van der Waals surface area contributed by atoms with E-state index in [2.05, 4.69) is 25.1 Å². The number of benzene rings is 1. The molecule has 1 aromatic carbocycles. The summed E-state index contributed by atoms with van der Waals surface area (Å²) in [5.74, 6) is 0.734. The van der Waals surface area contributed by atoms with Crippen LogP contribution >= 0.6 is 0 Å². The summed E-state index contributed by atoms with van der Waals surface area (Å²) in [6, 6.07) is 7.68. The van der Waals surface area contributed by atoms with Crippen molar-refractivity contribution in [3.8, 4) is 0 Å². The zero-order chi connectivity index (χ0) is 18.1. The molecule has 1 aliphatic rings. The fraction of sp³-hybridized carbons (Fsp3) is 0.353. The number of hydrogen-bond donors (Lipinski definition) is 3. The molecule has 26 heavy (non-hydrogen) atoms. The lowest BCUT2D eigenvalue weighted by molar-refractivity contribution is -0.132. The summed E-state index contributed by atoms with van der Waals surface area (Å²) in [6.07, 6.45) is 2.08. The lowest BCUT2D eigenvalue weighted by Gasteiger charge is -2.23. The average Bonchev–Trinajstić information content (AvgIpc) is 3.27. The van der Waals surface area contributed by atoms with Crippen LogP contribution in [0, 0.1) is 0 Å². The van der Waals surface area contributed by atoms with Gasteiger partial charge < -0.3 is 9.88 Å². The number of rotatable bonds is 4. The number of nitrogens with one attached hydrogen (secondary N) is 3. The Balaban J connectivity index is 1.49. The third kappa shape index (κ3) is 3.03. The van der Waals surface area contributed by atoms with Gasteiger partial charge in [0, 0.05) is 19.4 Å². The van der Waals surface area contributed by atoms with Gasteiger partial charge >= 0.3 is 5.69 Å². The number of imidazole rings is 1. The molecule has 3 N–H and O–H groups in total. The van der Waals surface area contributed by atoms with E-state index in [1.54, 1.807) is 4.90 Å². The van der Waals surface area contributed by atoms with Crippen LogP contribution in [0.15, 0.2) is 33.9 Å². The first-order valence-corrected chi connectivity index (χ1v) is 8.54. The van der Waals surface area contributed by atoms with Gasteiger partial charge in [0.25, 0.3) is 5.56 Å². The van der Waals surface area contributed by atoms with Gasteiger partial charge in [0.05, 0.1) is 17.1 Å². The molecule has 0 bridgehead atoms. The van der Waals surface area contributed by atoms with Gasteiger partial charge in [-0.05, 0) is 25.0 Å². The van der Waals surface area contributed by atoms with Crippen molar-refractivity contribution in [3.63, 3.8) is 0 Å². The van der Waals surface area contributed by atoms with Crippen LogP contribution in [-0.4, -0.2) is 42.5 Å². The van der Waals surface area contributed by atoms with Gasteiger partial charge in [-0.1, -0.05) is 12.1 Å². The molecule has 3 aromatic rings. The Bertz CT molecular complexity index is 1030. The van der Waals surface area contributed by atoms with Crippen LogP contribution in [0.5, 0.6) is 0 Å². The van der Waals surface area contributed by atoms with E-state index in [9.17, 15) is 14.4 Å². The number of nitrogens with zero attached hydrogens (tertiary/aromatic N) is 3. The molecule has 1 aliphatic heterocycles. The maximum atomic E-state index is 12.7. The van der Waals surface area contributed by atoms with Crippen LogP contribution in [-0.2, 0) is 11.2 Å². The van der Waals surface area contributed by atoms with Gasteiger partial charge in [-0.2, -0.15) is 5.10 Å². The van der Waals surface area contributed by atoms with Crippen molar-refractivity contribution in [1.29, 1.82) is 0 Å². The zero-order valence-corrected chi connectivity index (χ0v) is 14.0. The highest BCUT2D eigenvalue weighted by atomic mass is 16.2. The molecular formula is C17H18N6O3. The molecule has 1 atom stereocenters. The van der Waals surface area contributed by atoms with E-state index in [0.29, 0.717) is 6.54 Å². The van der Waals surface area contributed by atoms with Gasteiger partial charge in [-0.15, -0.1) is 0 Å². The average molecular weight is 354 g/mol. The van der Waals surface area contributed by atoms with Crippen LogP contribution in [0.1, 0.15) is 36.8 Å². The Labute approximate surface area is 147 Å². The number of amides is 1. The second kappa shape index (κ2) is 6.58. The smallest absolute Gasteiger partial charge is 0.340 e. The third-order valence-corrected chi connectivity index (χ3v) is 4.65. The van der Waals surface area contributed by atoms with Crippen molar-refractivity contribution in [2.24, 2.45) is 0 Å². The highest BCUT2D eigenvalue weighted by Crippen LogP contribution is 2.31. The number of carbonyl (C=O) groups excluding carboxylic acids is 1. The molecule has 2 aromatic heterocycles. The molecule has 3 heterocycles. The second-order valence-electron chi connectivity index (χ2n) is 6.34. The number of H-pyrrole nitrogens is 3. The number of fused-ring (bicyclic) bond motifs is 1. The number of para-hydroxylation sites is 2. The van der Waals surface area contributed by atoms with Crippen LogP contribution in [0.4, 0.5) is 0 Å². The first-order valence-electron chi connectivity index (χ1n) is 8.54. The largest absolute Gasteiger partial charge is 0.342 e. The number of aromatic amines is 3. The Morgan fingerprint density at radius 1 is 1.23 bits per heavy atom. The molecule has 1 amide bonds. The summed E-state index contributed by atoms with van der Waals surface area (Å²) in [4.78, 5) is 47.2. The van der Waals surface area contributed by atoms with Crippen molar-refractivity contribution in [2.75, 3.05) is 6.54 Å². The number of aryl methyl sites for hydroxylation is 1. The zero-order valence-electron chi connectivity index (χ0n) is 14.0. The lowest BCUT2D eigenvalue weighted by atomic mass is 10.2. The predicted molar refractivity (Wildman–Crippen MR) is 93.6 cm³/mol. The van der Waals surface area contributed by atoms with Crippen LogP contribution in [0.25, 0.3) is 11.0 Å². The van der Waals surface area contributed by atoms with Crippen LogP contribution < -0.4 is 11.2 Å². The number of likely N-dealkylation sites (tertiary alicyclic amines) is 1. The third-order valence-electron chi connectivity index (χ3n) is 4.65. The molecular weight excluding hydrogens is 336 g/mol. The molecule has 0 radical (unpaired) electrons. The number of hydrogen-bond acceptors (Lipinski definition) is 5. The molecule has 9 nitrogen and oxygen atoms in total. The second-order valence-corrected chi connectivity index (χ2v) is 6.34. The Morgan fingerprint density at radius 2 is 2.08 bits per heavy atom. The first kappa shape index (κ1) is 16.2. The van der Waals surface area contributed by atoms with Gasteiger partial charge in [-0.25, -0.2) is 14.9 Å². The number of carbonyl (C=O) groups is 1. The Hall–Kier alpha value is -3.23. The summed E-state index contributed by atoms with van der Waals surface area (Å²) < 4.78 is 0. The van der Waals surface area contributed by atoms with E-state index in [1.165, 1.54) is 0 Å². The lowest BCUT2D eigenvalue weighted by Crippen LogP contribution is -2.32. The van der Waals surface area contributed by atoms with E-state index in [4.69, 9.17) is 0 Å². The Kier molecular flexibility index (Phi) is 4.11. The normalized spacial score (nSPS) is 17.1. The molecule has 1 fully saturated rings. The topological polar surface area (TPSA) is 128 Å². The molecule has 134 valence electrons. The molecule has 0 aliphatic carbocycles. The maximum Gasteiger partial charge on any atom is 0.342 e. The summed E-state index contributed by atoms with van der Waals surface area (Å²) in [5.41, 5.74) is 0.764. The number of aromatic nitrogens is 5. The van der Waals surface area contributed by atoms with Crippen molar-refractivity contribution in [3.05, 3.63) is 56.6 Å². The van der Waals surface area contributed by atoms with E-state index in [-0.39, 0.29) is 30.5 Å². The van der Waals surface area contributed by atoms with E-state index < -0.39 is 11.2 Å². The standard InChI is InChI=1S/C17H18N6O3/c24-14(8-7-12-16(25)20-17(26)22-21-12)23-9-3-6-13(23)15-18-10-4-1-2-5-11(10)19-15/h1-2,4-5,13H,3,6-9H2,(H,18,19)(H2,20,22,25,26)/t13-/m0/s1. The highest BCUT2D eigenvalue weighted by Gasteiger charge is 2.31. The quantitative estimate of drug-likeness (QED) is 0.633. The van der Waals surface area contributed by atoms with Crippen molar-refractivity contribution >= 4 is 16.9 Å². The minimum Gasteiger partial charge on any atom is -0.340 e. The molecule has 0 saturated carbocycles. The van der Waals surface area contributed by atoms with Gasteiger partial charge in [0.2, 0.25) is 5.91 Å². The molecule has 9 heteroatoms. The maximum absolute atomic E-state index is 12.7. The fourth-order valence-electron chi connectivity index (χ4n) is 3.39. The minimum absolute atomic E-state index is 0.0552. The van der Waals surface area contributed by atoms with E-state index in [1.807, 2.05) is 24.3 Å². The van der Waals surface area contributed by atoms with Gasteiger partial charge in [0.1, 0.15) is 11.5 Å². The molecule has 0 spiro atoms. The summed E-state index contributed by atoms with van der Waals surface area (Å²) in [6.45, 7) is 0.663. The minimum atomic E-state index is -0.658. The molecule has 0 unspecified atom stereocenters. The van der Waals surface area contributed by atoms with Gasteiger partial charge in [0.15, 0.2) is 0 Å². The summed E-state index contributed by atoms with van der Waals surface area (Å²) in [7, 11) is 0. The van der Waals surface area contributed by atoms with Gasteiger partial charge in [-0.3, -0.25) is 14.6 Å². The Morgan fingerprint density at radius 3 is 2.88 bits per heavy atom. The van der Waals surface area contributed by atoms with E-state index in [0.717, 1.165) is 29.7 Å². The predicted octanol–water partition coefficient (Wildman–Crippen LogP) is 0.631. The molecule has 4 rings (SSSR count). The fourth-order valence-corrected chi connectivity index (χ4v) is 3.39.